The van der Waals surface area contributed by atoms with Crippen LogP contribution in [0.2, 0.25) is 5.02 Å². The van der Waals surface area contributed by atoms with Crippen LogP contribution in [0, 0.1) is 5.92 Å². The number of nitrogens with one attached hydrogen (secondary N) is 3. The number of hydrogen-bond donors (Lipinski definition) is 3. The van der Waals surface area contributed by atoms with Crippen molar-refractivity contribution in [3.05, 3.63) is 70.7 Å². The zero-order valence-corrected chi connectivity index (χ0v) is 16.8. The maximum atomic E-state index is 13.5. The fraction of sp³-hybridized carbons (Fsp3) is 0.435. The van der Waals surface area contributed by atoms with Crippen molar-refractivity contribution in [2.45, 2.75) is 50.2 Å². The summed E-state index contributed by atoms with van der Waals surface area (Å²) in [5, 5.41) is 4.27. The number of hydrazine groups is 1. The van der Waals surface area contributed by atoms with Crippen LogP contribution >= 0.6 is 11.6 Å². The van der Waals surface area contributed by atoms with E-state index in [0.29, 0.717) is 12.0 Å². The normalized spacial score (nSPS) is 25.2. The van der Waals surface area contributed by atoms with Crippen molar-refractivity contribution in [1.82, 2.24) is 16.2 Å². The highest BCUT2D eigenvalue weighted by Gasteiger charge is 2.43. The number of hydrogen-bond acceptors (Lipinski definition) is 4. The topological polar surface area (TPSA) is 53.2 Å². The number of halogens is 1. The Hall–Kier alpha value is -1.72. The maximum absolute atomic E-state index is 13.5. The van der Waals surface area contributed by atoms with Crippen molar-refractivity contribution >= 4 is 17.4 Å². The van der Waals surface area contributed by atoms with E-state index >= 15 is 0 Å². The molecule has 1 heterocycles. The van der Waals surface area contributed by atoms with Crippen molar-refractivity contribution in [2.75, 3.05) is 6.54 Å². The van der Waals surface area contributed by atoms with Crippen LogP contribution in [-0.2, 0) is 11.2 Å². The number of benzene rings is 2. The lowest BCUT2D eigenvalue weighted by Gasteiger charge is -2.29. The van der Waals surface area contributed by atoms with Gasteiger partial charge < -0.3 is 5.32 Å². The SMILES string of the molecule is O=C(C1NNC2CCCCC21)[C@@H](NCCc1ccc(Cl)cc1)c1ccccc1. The van der Waals surface area contributed by atoms with E-state index in [1.54, 1.807) is 0 Å². The molecule has 0 bridgehead atoms. The van der Waals surface area contributed by atoms with E-state index in [0.717, 1.165) is 36.4 Å². The van der Waals surface area contributed by atoms with Gasteiger partial charge in [0, 0.05) is 17.6 Å². The zero-order valence-electron chi connectivity index (χ0n) is 16.0. The van der Waals surface area contributed by atoms with Crippen LogP contribution in [0.25, 0.3) is 0 Å². The van der Waals surface area contributed by atoms with Gasteiger partial charge in [-0.2, -0.15) is 0 Å². The van der Waals surface area contributed by atoms with E-state index in [1.165, 1.54) is 18.4 Å². The van der Waals surface area contributed by atoms with Gasteiger partial charge in [-0.3, -0.25) is 10.2 Å². The lowest BCUT2D eigenvalue weighted by atomic mass is 9.79. The number of carbonyl (C=O) groups excluding carboxylic acids is 1. The molecule has 0 radical (unpaired) electrons. The average molecular weight is 398 g/mol. The number of Topliss-reactive ketones (excluding diaryl/α,β-unsaturated/α-hetero) is 1. The van der Waals surface area contributed by atoms with E-state index < -0.39 is 0 Å². The molecule has 28 heavy (non-hydrogen) atoms. The van der Waals surface area contributed by atoms with Gasteiger partial charge in [0.05, 0.1) is 12.1 Å². The van der Waals surface area contributed by atoms with E-state index in [1.807, 2.05) is 54.6 Å². The van der Waals surface area contributed by atoms with Gasteiger partial charge in [0.1, 0.15) is 0 Å². The molecule has 1 saturated heterocycles. The van der Waals surface area contributed by atoms with E-state index in [9.17, 15) is 4.79 Å². The Balaban J connectivity index is 1.46. The molecule has 3 unspecified atom stereocenters. The summed E-state index contributed by atoms with van der Waals surface area (Å²) in [5.41, 5.74) is 8.93. The third kappa shape index (κ3) is 4.47. The molecule has 148 valence electrons. The van der Waals surface area contributed by atoms with E-state index in [-0.39, 0.29) is 17.9 Å². The van der Waals surface area contributed by atoms with Gasteiger partial charge in [0.25, 0.3) is 0 Å². The van der Waals surface area contributed by atoms with Crippen molar-refractivity contribution < 1.29 is 4.79 Å². The minimum absolute atomic E-state index is 0.126. The Labute approximate surface area is 172 Å². The molecular formula is C23H28ClN3O. The van der Waals surface area contributed by atoms with Gasteiger partial charge in [-0.25, -0.2) is 5.43 Å². The summed E-state index contributed by atoms with van der Waals surface area (Å²) in [6.07, 6.45) is 5.59. The van der Waals surface area contributed by atoms with Gasteiger partial charge >= 0.3 is 0 Å². The summed E-state index contributed by atoms with van der Waals surface area (Å²) in [6, 6.07) is 18.0. The summed E-state index contributed by atoms with van der Waals surface area (Å²) < 4.78 is 0. The molecule has 4 atom stereocenters. The standard InChI is InChI=1S/C23H28ClN3O/c24-18-12-10-16(11-13-18)14-15-25-21(17-6-2-1-3-7-17)23(28)22-19-8-4-5-9-20(19)26-27-22/h1-3,6-7,10-13,19-22,25-27H,4-5,8-9,14-15H2/t19?,20?,21-,22?/m0/s1. The minimum Gasteiger partial charge on any atom is -0.303 e. The average Bonchev–Trinajstić information content (AvgIpc) is 3.17. The molecule has 1 aliphatic carbocycles. The first-order valence-electron chi connectivity index (χ1n) is 10.3. The Morgan fingerprint density at radius 2 is 1.79 bits per heavy atom. The predicted octanol–water partition coefficient (Wildman–Crippen LogP) is 3.82. The van der Waals surface area contributed by atoms with Crippen LogP contribution < -0.4 is 16.2 Å². The molecule has 0 spiro atoms. The molecule has 4 rings (SSSR count). The molecule has 0 amide bonds. The van der Waals surface area contributed by atoms with Gasteiger partial charge in [-0.05, 0) is 48.4 Å². The van der Waals surface area contributed by atoms with Gasteiger partial charge in [-0.15, -0.1) is 0 Å². The van der Waals surface area contributed by atoms with Crippen LogP contribution in [0.4, 0.5) is 0 Å². The Bertz CT molecular complexity index is 780. The van der Waals surface area contributed by atoms with Gasteiger partial charge in [0.2, 0.25) is 0 Å². The molecule has 2 fully saturated rings. The van der Waals surface area contributed by atoms with E-state index in [4.69, 9.17) is 11.6 Å². The summed E-state index contributed by atoms with van der Waals surface area (Å²) in [4.78, 5) is 13.5. The highest BCUT2D eigenvalue weighted by Crippen LogP contribution is 2.32. The summed E-state index contributed by atoms with van der Waals surface area (Å²) in [6.45, 7) is 0.737. The quantitative estimate of drug-likeness (QED) is 0.664. The fourth-order valence-corrected chi connectivity index (χ4v) is 4.67. The number of ketones is 1. The molecule has 1 saturated carbocycles. The lowest BCUT2D eigenvalue weighted by molar-refractivity contribution is -0.124. The molecule has 1 aliphatic heterocycles. The van der Waals surface area contributed by atoms with Crippen molar-refractivity contribution in [1.29, 1.82) is 0 Å². The second-order valence-electron chi connectivity index (χ2n) is 7.90. The molecule has 0 aromatic heterocycles. The smallest absolute Gasteiger partial charge is 0.172 e. The molecule has 3 N–H and O–H groups in total. The Kier molecular flexibility index (Phi) is 6.43. The second-order valence-corrected chi connectivity index (χ2v) is 8.33. The molecular weight excluding hydrogens is 370 g/mol. The largest absolute Gasteiger partial charge is 0.303 e. The Morgan fingerprint density at radius 1 is 1.04 bits per heavy atom. The summed E-state index contributed by atoms with van der Waals surface area (Å²) >= 11 is 5.97. The second kappa shape index (κ2) is 9.19. The third-order valence-corrected chi connectivity index (χ3v) is 6.32. The zero-order chi connectivity index (χ0) is 19.3. The molecule has 4 nitrogen and oxygen atoms in total. The van der Waals surface area contributed by atoms with Crippen molar-refractivity contribution in [2.24, 2.45) is 5.92 Å². The number of fused-ring (bicyclic) bond motifs is 1. The van der Waals surface area contributed by atoms with Crippen molar-refractivity contribution in [3.63, 3.8) is 0 Å². The van der Waals surface area contributed by atoms with Crippen LogP contribution in [0.5, 0.6) is 0 Å². The van der Waals surface area contributed by atoms with Gasteiger partial charge in [-0.1, -0.05) is 66.9 Å². The fourth-order valence-electron chi connectivity index (χ4n) is 4.54. The van der Waals surface area contributed by atoms with Crippen LogP contribution in [-0.4, -0.2) is 24.4 Å². The number of carbonyl (C=O) groups is 1. The molecule has 2 aliphatic rings. The van der Waals surface area contributed by atoms with Gasteiger partial charge in [0.15, 0.2) is 5.78 Å². The highest BCUT2D eigenvalue weighted by molar-refractivity contribution is 6.30. The maximum Gasteiger partial charge on any atom is 0.172 e. The first kappa shape index (κ1) is 19.6. The van der Waals surface area contributed by atoms with Crippen LogP contribution in [0.3, 0.4) is 0 Å². The number of rotatable bonds is 7. The first-order valence-corrected chi connectivity index (χ1v) is 10.7. The first-order chi connectivity index (χ1) is 13.7. The van der Waals surface area contributed by atoms with Crippen LogP contribution in [0.1, 0.15) is 42.9 Å². The molecule has 2 aromatic rings. The monoisotopic (exact) mass is 397 g/mol. The Morgan fingerprint density at radius 3 is 2.57 bits per heavy atom. The summed E-state index contributed by atoms with van der Waals surface area (Å²) in [5.74, 6) is 0.634. The highest BCUT2D eigenvalue weighted by atomic mass is 35.5. The predicted molar refractivity (Wildman–Crippen MR) is 113 cm³/mol. The molecule has 5 heteroatoms. The minimum atomic E-state index is -0.298. The summed E-state index contributed by atoms with van der Waals surface area (Å²) in [7, 11) is 0. The third-order valence-electron chi connectivity index (χ3n) is 6.07. The van der Waals surface area contributed by atoms with Crippen LogP contribution in [0.15, 0.2) is 54.6 Å². The van der Waals surface area contributed by atoms with Crippen molar-refractivity contribution in [3.8, 4) is 0 Å². The lowest BCUT2D eigenvalue weighted by Crippen LogP contribution is -2.45. The van der Waals surface area contributed by atoms with E-state index in [2.05, 4.69) is 16.2 Å². The molecule has 2 aromatic carbocycles.